The molecule has 0 N–H and O–H groups in total. The molecule has 1 aliphatic carbocycles. The average molecular weight is 204 g/mol. The maximum Gasteiger partial charge on any atom is 0.153 e. The van der Waals surface area contributed by atoms with Gasteiger partial charge in [0.1, 0.15) is 6.07 Å². The Bertz CT molecular complexity index is 377. The molecule has 1 heterocycles. The second-order valence-electron chi connectivity index (χ2n) is 3.43. The molecule has 0 spiro atoms. The predicted octanol–water partition coefficient (Wildman–Crippen LogP) is 2.94. The van der Waals surface area contributed by atoms with Gasteiger partial charge >= 0.3 is 0 Å². The number of hydrogen-bond donors (Lipinski definition) is 0. The van der Waals surface area contributed by atoms with Crippen LogP contribution in [0.2, 0.25) is 0 Å². The average Bonchev–Trinajstić information content (AvgIpc) is 3.01. The molecule has 0 amide bonds. The number of aromatic nitrogens is 1. The summed E-state index contributed by atoms with van der Waals surface area (Å²) in [6.45, 7) is 2.09. The Morgan fingerprint density at radius 3 is 3.00 bits per heavy atom. The zero-order valence-electron chi connectivity index (χ0n) is 8.16. The van der Waals surface area contributed by atoms with Gasteiger partial charge in [-0.15, -0.1) is 11.8 Å². The molecule has 0 aromatic carbocycles. The first-order valence-corrected chi connectivity index (χ1v) is 5.86. The summed E-state index contributed by atoms with van der Waals surface area (Å²) in [4.78, 5) is 5.24. The van der Waals surface area contributed by atoms with E-state index in [2.05, 4.69) is 24.0 Å². The largest absolute Gasteiger partial charge is 0.244 e. The van der Waals surface area contributed by atoms with Crippen LogP contribution in [0.5, 0.6) is 0 Å². The Kier molecular flexibility index (Phi) is 2.74. The molecule has 0 unspecified atom stereocenters. The smallest absolute Gasteiger partial charge is 0.153 e. The van der Waals surface area contributed by atoms with E-state index in [1.165, 1.54) is 18.4 Å². The quantitative estimate of drug-likeness (QED) is 0.710. The number of pyridine rings is 1. The van der Waals surface area contributed by atoms with Crippen LogP contribution in [-0.2, 0) is 0 Å². The van der Waals surface area contributed by atoms with Gasteiger partial charge in [0.05, 0.1) is 0 Å². The lowest BCUT2D eigenvalue weighted by molar-refractivity contribution is 1.05. The zero-order chi connectivity index (χ0) is 9.97. The third-order valence-electron chi connectivity index (χ3n) is 2.33. The molecule has 1 aromatic heterocycles. The third-order valence-corrected chi connectivity index (χ3v) is 3.24. The van der Waals surface area contributed by atoms with Crippen LogP contribution in [0, 0.1) is 11.3 Å². The third kappa shape index (κ3) is 1.91. The topological polar surface area (TPSA) is 36.7 Å². The van der Waals surface area contributed by atoms with Crippen molar-refractivity contribution < 1.29 is 0 Å². The lowest BCUT2D eigenvalue weighted by Crippen LogP contribution is -1.90. The fraction of sp³-hybridized carbons (Fsp3) is 0.455. The maximum atomic E-state index is 8.86. The highest BCUT2D eigenvalue weighted by atomic mass is 32.2. The number of rotatable bonds is 3. The van der Waals surface area contributed by atoms with Gasteiger partial charge in [-0.3, -0.25) is 0 Å². The number of nitriles is 1. The maximum absolute atomic E-state index is 8.86. The highest BCUT2D eigenvalue weighted by Crippen LogP contribution is 2.41. The molecular formula is C11H12N2S. The second kappa shape index (κ2) is 4.02. The Labute approximate surface area is 88.4 Å². The van der Waals surface area contributed by atoms with Crippen molar-refractivity contribution in [1.82, 2.24) is 4.98 Å². The van der Waals surface area contributed by atoms with Gasteiger partial charge in [-0.25, -0.2) is 4.98 Å². The van der Waals surface area contributed by atoms with Crippen molar-refractivity contribution in [3.63, 3.8) is 0 Å². The molecule has 0 aliphatic heterocycles. The van der Waals surface area contributed by atoms with E-state index in [0.717, 1.165) is 10.6 Å². The van der Waals surface area contributed by atoms with Gasteiger partial charge in [0, 0.05) is 11.1 Å². The van der Waals surface area contributed by atoms with Crippen molar-refractivity contribution in [2.75, 3.05) is 5.75 Å². The van der Waals surface area contributed by atoms with Crippen LogP contribution in [-0.4, -0.2) is 10.7 Å². The molecule has 0 radical (unpaired) electrons. The van der Waals surface area contributed by atoms with Crippen LogP contribution in [0.4, 0.5) is 0 Å². The normalized spacial score (nSPS) is 15.1. The highest BCUT2D eigenvalue weighted by molar-refractivity contribution is 7.99. The molecule has 0 saturated heterocycles. The molecular weight excluding hydrogens is 192 g/mol. The van der Waals surface area contributed by atoms with Crippen LogP contribution in [0.1, 0.15) is 36.9 Å². The molecule has 1 saturated carbocycles. The van der Waals surface area contributed by atoms with Gasteiger partial charge in [-0.05, 0) is 36.1 Å². The Morgan fingerprint density at radius 1 is 1.64 bits per heavy atom. The van der Waals surface area contributed by atoms with Crippen LogP contribution < -0.4 is 0 Å². The predicted molar refractivity (Wildman–Crippen MR) is 57.3 cm³/mol. The lowest BCUT2D eigenvalue weighted by Gasteiger charge is -2.03. The van der Waals surface area contributed by atoms with E-state index in [-0.39, 0.29) is 0 Å². The van der Waals surface area contributed by atoms with E-state index in [1.807, 2.05) is 6.20 Å². The van der Waals surface area contributed by atoms with Gasteiger partial charge in [0.15, 0.2) is 5.69 Å². The van der Waals surface area contributed by atoms with Gasteiger partial charge in [0.2, 0.25) is 0 Å². The summed E-state index contributed by atoms with van der Waals surface area (Å²) in [6.07, 6.45) is 4.42. The van der Waals surface area contributed by atoms with Crippen molar-refractivity contribution >= 4 is 11.8 Å². The fourth-order valence-electron chi connectivity index (χ4n) is 1.45. The molecule has 1 aliphatic rings. The summed E-state index contributed by atoms with van der Waals surface area (Å²) < 4.78 is 0. The lowest BCUT2D eigenvalue weighted by atomic mass is 10.2. The van der Waals surface area contributed by atoms with E-state index < -0.39 is 0 Å². The second-order valence-corrected chi connectivity index (χ2v) is 4.74. The van der Waals surface area contributed by atoms with E-state index >= 15 is 0 Å². The molecule has 1 aromatic rings. The minimum Gasteiger partial charge on any atom is -0.244 e. The van der Waals surface area contributed by atoms with Gasteiger partial charge in [-0.1, -0.05) is 6.92 Å². The first kappa shape index (κ1) is 9.54. The Morgan fingerprint density at radius 2 is 2.43 bits per heavy atom. The summed E-state index contributed by atoms with van der Waals surface area (Å²) in [6, 6.07) is 4.27. The number of nitrogens with zero attached hydrogens (tertiary/aromatic N) is 2. The summed E-state index contributed by atoms with van der Waals surface area (Å²) in [7, 11) is 0. The summed E-state index contributed by atoms with van der Waals surface area (Å²) in [5.41, 5.74) is 1.88. The molecule has 3 heteroatoms. The van der Waals surface area contributed by atoms with Crippen LogP contribution in [0.15, 0.2) is 17.2 Å². The van der Waals surface area contributed by atoms with Crippen molar-refractivity contribution in [3.8, 4) is 6.07 Å². The molecule has 0 bridgehead atoms. The van der Waals surface area contributed by atoms with Crippen LogP contribution in [0.25, 0.3) is 0 Å². The first-order chi connectivity index (χ1) is 6.85. The molecule has 14 heavy (non-hydrogen) atoms. The van der Waals surface area contributed by atoms with Gasteiger partial charge < -0.3 is 0 Å². The minimum atomic E-state index is 0.571. The summed E-state index contributed by atoms with van der Waals surface area (Å²) in [5.74, 6) is 1.70. The van der Waals surface area contributed by atoms with Crippen molar-refractivity contribution in [3.05, 3.63) is 23.5 Å². The van der Waals surface area contributed by atoms with E-state index in [0.29, 0.717) is 11.6 Å². The van der Waals surface area contributed by atoms with Gasteiger partial charge in [0.25, 0.3) is 0 Å². The molecule has 1 fully saturated rings. The molecule has 2 rings (SSSR count). The van der Waals surface area contributed by atoms with Crippen LogP contribution in [0.3, 0.4) is 0 Å². The first-order valence-electron chi connectivity index (χ1n) is 4.88. The molecule has 0 atom stereocenters. The number of hydrogen-bond acceptors (Lipinski definition) is 3. The Balaban J connectivity index is 2.31. The zero-order valence-corrected chi connectivity index (χ0v) is 8.97. The summed E-state index contributed by atoms with van der Waals surface area (Å²) in [5, 5.41) is 8.86. The van der Waals surface area contributed by atoms with Gasteiger partial charge in [-0.2, -0.15) is 5.26 Å². The highest BCUT2D eigenvalue weighted by Gasteiger charge is 2.24. The van der Waals surface area contributed by atoms with Crippen molar-refractivity contribution in [2.24, 2.45) is 0 Å². The van der Waals surface area contributed by atoms with E-state index in [4.69, 9.17) is 5.26 Å². The standard InChI is InChI=1S/C11H12N2S/c1-2-14-11-5-9(8-3-4-8)7-13-10(11)6-12/h5,7-8H,2-4H2,1H3. The van der Waals surface area contributed by atoms with Crippen molar-refractivity contribution in [2.45, 2.75) is 30.6 Å². The molecule has 72 valence electrons. The van der Waals surface area contributed by atoms with Crippen LogP contribution >= 0.6 is 11.8 Å². The van der Waals surface area contributed by atoms with E-state index in [9.17, 15) is 0 Å². The minimum absolute atomic E-state index is 0.571. The Hall–Kier alpha value is -1.01. The van der Waals surface area contributed by atoms with Crippen molar-refractivity contribution in [1.29, 1.82) is 5.26 Å². The number of thioether (sulfide) groups is 1. The SMILES string of the molecule is CCSc1cc(C2CC2)cnc1C#N. The molecule has 2 nitrogen and oxygen atoms in total. The monoisotopic (exact) mass is 204 g/mol. The fourth-order valence-corrected chi connectivity index (χ4v) is 2.21. The van der Waals surface area contributed by atoms with E-state index in [1.54, 1.807) is 11.8 Å². The summed E-state index contributed by atoms with van der Waals surface area (Å²) >= 11 is 1.70.